The number of nitrogens with zero attached hydrogens (tertiary/aromatic N) is 1. The molecule has 0 bridgehead atoms. The highest BCUT2D eigenvalue weighted by molar-refractivity contribution is 6.34. The number of hydrogen-bond donors (Lipinski definition) is 1. The molecule has 18 heavy (non-hydrogen) atoms. The molecule has 1 fully saturated rings. The molecule has 1 N–H and O–H groups in total. The van der Waals surface area contributed by atoms with E-state index in [1.54, 1.807) is 0 Å². The van der Waals surface area contributed by atoms with Crippen molar-refractivity contribution in [2.24, 2.45) is 5.92 Å². The van der Waals surface area contributed by atoms with E-state index in [4.69, 9.17) is 11.6 Å². The molecule has 0 spiro atoms. The first-order valence-electron chi connectivity index (χ1n) is 6.88. The summed E-state index contributed by atoms with van der Waals surface area (Å²) in [6, 6.07) is 6.07. The van der Waals surface area contributed by atoms with Crippen LogP contribution in [0.15, 0.2) is 18.2 Å². The second kappa shape index (κ2) is 6.33. The van der Waals surface area contributed by atoms with E-state index in [9.17, 15) is 0 Å². The van der Waals surface area contributed by atoms with Crippen LogP contribution in [0, 0.1) is 5.92 Å². The molecule has 0 atom stereocenters. The molecule has 1 aromatic carbocycles. The molecule has 0 unspecified atom stereocenters. The number of benzene rings is 1. The Morgan fingerprint density at radius 2 is 1.94 bits per heavy atom. The maximum absolute atomic E-state index is 6.26. The normalized spacial score (nSPS) is 16.6. The summed E-state index contributed by atoms with van der Waals surface area (Å²) in [6.07, 6.45) is 6.93. The average Bonchev–Trinajstić information content (AvgIpc) is 2.37. The highest BCUT2D eigenvalue weighted by Gasteiger charge is 2.14. The van der Waals surface area contributed by atoms with Gasteiger partial charge in [-0.25, -0.2) is 0 Å². The van der Waals surface area contributed by atoms with Crippen molar-refractivity contribution < 1.29 is 0 Å². The third-order valence-electron chi connectivity index (χ3n) is 3.74. The monoisotopic (exact) mass is 266 g/mol. The van der Waals surface area contributed by atoms with E-state index in [2.05, 4.69) is 16.3 Å². The van der Waals surface area contributed by atoms with Gasteiger partial charge >= 0.3 is 0 Å². The van der Waals surface area contributed by atoms with Gasteiger partial charge in [-0.15, -0.1) is 0 Å². The number of para-hydroxylation sites is 1. The van der Waals surface area contributed by atoms with Crippen molar-refractivity contribution in [2.45, 2.75) is 32.1 Å². The fourth-order valence-electron chi connectivity index (χ4n) is 2.76. The number of hydrogen-bond acceptors (Lipinski definition) is 2. The van der Waals surface area contributed by atoms with Gasteiger partial charge in [0.05, 0.1) is 16.4 Å². The van der Waals surface area contributed by atoms with Crippen LogP contribution < -0.4 is 10.2 Å². The van der Waals surface area contributed by atoms with Gasteiger partial charge in [-0.05, 0) is 30.9 Å². The Morgan fingerprint density at radius 3 is 2.61 bits per heavy atom. The Kier molecular flexibility index (Phi) is 4.76. The van der Waals surface area contributed by atoms with Crippen molar-refractivity contribution in [1.29, 1.82) is 0 Å². The third-order valence-corrected chi connectivity index (χ3v) is 4.04. The Hall–Kier alpha value is -0.890. The van der Waals surface area contributed by atoms with Gasteiger partial charge in [0.15, 0.2) is 0 Å². The van der Waals surface area contributed by atoms with Gasteiger partial charge in [0, 0.05) is 20.6 Å². The minimum atomic E-state index is 0.814. The van der Waals surface area contributed by atoms with Crippen LogP contribution in [-0.2, 0) is 0 Å². The Bertz CT molecular complexity index is 384. The van der Waals surface area contributed by atoms with Crippen molar-refractivity contribution in [2.75, 3.05) is 30.9 Å². The maximum atomic E-state index is 6.26. The average molecular weight is 267 g/mol. The number of anilines is 2. The largest absolute Gasteiger partial charge is 0.383 e. The van der Waals surface area contributed by atoms with Gasteiger partial charge in [-0.1, -0.05) is 36.9 Å². The van der Waals surface area contributed by atoms with Crippen molar-refractivity contribution in [3.8, 4) is 0 Å². The summed E-state index contributed by atoms with van der Waals surface area (Å²) in [6.45, 7) is 1.07. The fraction of sp³-hybridized carbons (Fsp3) is 0.600. The van der Waals surface area contributed by atoms with Gasteiger partial charge in [0.2, 0.25) is 0 Å². The quantitative estimate of drug-likeness (QED) is 0.869. The van der Waals surface area contributed by atoms with Crippen molar-refractivity contribution in [1.82, 2.24) is 0 Å². The van der Waals surface area contributed by atoms with Gasteiger partial charge in [0.1, 0.15) is 0 Å². The van der Waals surface area contributed by atoms with Crippen LogP contribution >= 0.6 is 11.6 Å². The van der Waals surface area contributed by atoms with E-state index in [1.807, 2.05) is 26.2 Å². The molecule has 2 nitrogen and oxygen atoms in total. The number of halogens is 1. The summed E-state index contributed by atoms with van der Waals surface area (Å²) in [4.78, 5) is 2.07. The molecule has 0 saturated heterocycles. The van der Waals surface area contributed by atoms with Crippen LogP contribution in [0.1, 0.15) is 32.1 Å². The summed E-state index contributed by atoms with van der Waals surface area (Å²) >= 11 is 6.26. The Labute approximate surface area is 115 Å². The lowest BCUT2D eigenvalue weighted by Crippen LogP contribution is -2.19. The highest BCUT2D eigenvalue weighted by atomic mass is 35.5. The van der Waals surface area contributed by atoms with E-state index >= 15 is 0 Å². The van der Waals surface area contributed by atoms with Crippen LogP contribution in [-0.4, -0.2) is 20.6 Å². The molecule has 1 saturated carbocycles. The zero-order chi connectivity index (χ0) is 13.0. The van der Waals surface area contributed by atoms with E-state index in [1.165, 1.54) is 32.1 Å². The summed E-state index contributed by atoms with van der Waals surface area (Å²) in [5, 5.41) is 4.39. The minimum Gasteiger partial charge on any atom is -0.383 e. The van der Waals surface area contributed by atoms with E-state index < -0.39 is 0 Å². The lowest BCUT2D eigenvalue weighted by molar-refractivity contribution is 0.373. The van der Waals surface area contributed by atoms with Crippen molar-refractivity contribution in [3.05, 3.63) is 23.2 Å². The van der Waals surface area contributed by atoms with Gasteiger partial charge in [-0.3, -0.25) is 0 Å². The highest BCUT2D eigenvalue weighted by Crippen LogP contribution is 2.33. The molecule has 1 aromatic rings. The predicted octanol–water partition coefficient (Wildman–Crippen LogP) is 4.40. The second-order valence-corrected chi connectivity index (χ2v) is 5.82. The topological polar surface area (TPSA) is 15.3 Å². The molecule has 1 aliphatic rings. The van der Waals surface area contributed by atoms with Gasteiger partial charge in [0.25, 0.3) is 0 Å². The molecule has 0 amide bonds. The molecule has 0 aromatic heterocycles. The molecule has 100 valence electrons. The van der Waals surface area contributed by atoms with E-state index in [0.29, 0.717) is 0 Å². The summed E-state index contributed by atoms with van der Waals surface area (Å²) in [5.74, 6) is 0.827. The zero-order valence-electron chi connectivity index (χ0n) is 11.4. The molecular formula is C15H23ClN2. The fourth-order valence-corrected chi connectivity index (χ4v) is 3.10. The number of nitrogens with one attached hydrogen (secondary N) is 1. The Balaban J connectivity index is 2.02. The predicted molar refractivity (Wildman–Crippen MR) is 80.8 cm³/mol. The van der Waals surface area contributed by atoms with E-state index in [0.717, 1.165) is 28.9 Å². The first-order chi connectivity index (χ1) is 8.68. The van der Waals surface area contributed by atoms with E-state index in [-0.39, 0.29) is 0 Å². The minimum absolute atomic E-state index is 0.814. The summed E-state index contributed by atoms with van der Waals surface area (Å²) in [5.41, 5.74) is 2.24. The molecule has 3 heteroatoms. The molecule has 0 aliphatic heterocycles. The Morgan fingerprint density at radius 1 is 1.22 bits per heavy atom. The molecule has 0 radical (unpaired) electrons. The first-order valence-corrected chi connectivity index (χ1v) is 7.26. The van der Waals surface area contributed by atoms with Crippen molar-refractivity contribution in [3.63, 3.8) is 0 Å². The van der Waals surface area contributed by atoms with Crippen molar-refractivity contribution >= 4 is 23.0 Å². The first kappa shape index (κ1) is 13.5. The lowest BCUT2D eigenvalue weighted by Gasteiger charge is -2.25. The molecule has 1 aliphatic carbocycles. The standard InChI is InChI=1S/C15H23ClN2/c1-18(2)15-13(16)9-6-10-14(15)17-11-12-7-4-3-5-8-12/h6,9-10,12,17H,3-5,7-8,11H2,1-2H3. The number of rotatable bonds is 4. The zero-order valence-corrected chi connectivity index (χ0v) is 12.1. The molecular weight excluding hydrogens is 244 g/mol. The van der Waals surface area contributed by atoms with Gasteiger partial charge < -0.3 is 10.2 Å². The summed E-state index contributed by atoms with van der Waals surface area (Å²) < 4.78 is 0. The maximum Gasteiger partial charge on any atom is 0.0786 e. The van der Waals surface area contributed by atoms with Gasteiger partial charge in [-0.2, -0.15) is 0 Å². The van der Waals surface area contributed by atoms with Crippen LogP contribution in [0.2, 0.25) is 5.02 Å². The smallest absolute Gasteiger partial charge is 0.0786 e. The van der Waals surface area contributed by atoms with Crippen LogP contribution in [0.25, 0.3) is 0 Å². The second-order valence-electron chi connectivity index (χ2n) is 5.42. The molecule has 0 heterocycles. The summed E-state index contributed by atoms with van der Waals surface area (Å²) in [7, 11) is 4.07. The van der Waals surface area contributed by atoms with Crippen LogP contribution in [0.3, 0.4) is 0 Å². The lowest BCUT2D eigenvalue weighted by atomic mass is 9.89. The SMILES string of the molecule is CN(C)c1c(Cl)cccc1NCC1CCCCC1. The third kappa shape index (κ3) is 3.32. The molecule has 2 rings (SSSR count). The van der Waals surface area contributed by atoms with Crippen LogP contribution in [0.4, 0.5) is 11.4 Å². The van der Waals surface area contributed by atoms with Crippen LogP contribution in [0.5, 0.6) is 0 Å².